The number of benzene rings is 1. The van der Waals surface area contributed by atoms with Gasteiger partial charge in [0.05, 0.1) is 0 Å². The van der Waals surface area contributed by atoms with Gasteiger partial charge in [-0.15, -0.1) is 0 Å². The summed E-state index contributed by atoms with van der Waals surface area (Å²) in [6.07, 6.45) is 2.67. The van der Waals surface area contributed by atoms with Crippen molar-refractivity contribution in [3.63, 3.8) is 0 Å². The van der Waals surface area contributed by atoms with Gasteiger partial charge in [0.2, 0.25) is 0 Å². The van der Waals surface area contributed by atoms with Crippen molar-refractivity contribution < 1.29 is 8.78 Å². The van der Waals surface area contributed by atoms with E-state index >= 15 is 0 Å². The first-order chi connectivity index (χ1) is 5.74. The van der Waals surface area contributed by atoms with Crippen molar-refractivity contribution >= 4 is 0 Å². The molecule has 0 nitrogen and oxygen atoms in total. The van der Waals surface area contributed by atoms with E-state index in [9.17, 15) is 8.78 Å². The molecular formula is C10H12F2. The molecule has 0 atom stereocenters. The summed E-state index contributed by atoms with van der Waals surface area (Å²) in [5, 5.41) is 0. The Hall–Kier alpha value is -0.920. The predicted octanol–water partition coefficient (Wildman–Crippen LogP) is 3.31. The molecule has 0 saturated heterocycles. The van der Waals surface area contributed by atoms with Crippen molar-refractivity contribution in [2.45, 2.75) is 26.2 Å². The van der Waals surface area contributed by atoms with Crippen LogP contribution < -0.4 is 0 Å². The maximum Gasteiger partial charge on any atom is 0.129 e. The van der Waals surface area contributed by atoms with Gasteiger partial charge in [-0.05, 0) is 24.5 Å². The van der Waals surface area contributed by atoms with Gasteiger partial charge in [0, 0.05) is 6.07 Å². The number of unbranched alkanes of at least 4 members (excludes halogenated alkanes) is 1. The van der Waals surface area contributed by atoms with E-state index < -0.39 is 11.6 Å². The lowest BCUT2D eigenvalue weighted by Crippen LogP contribution is -1.91. The van der Waals surface area contributed by atoms with Crippen LogP contribution in [0, 0.1) is 11.6 Å². The van der Waals surface area contributed by atoms with E-state index in [1.807, 2.05) is 6.92 Å². The van der Waals surface area contributed by atoms with Crippen LogP contribution in [0.3, 0.4) is 0 Å². The molecule has 0 saturated carbocycles. The highest BCUT2D eigenvalue weighted by atomic mass is 19.1. The number of rotatable bonds is 3. The summed E-state index contributed by atoms with van der Waals surface area (Å²) in [6.45, 7) is 2.04. The Kier molecular flexibility index (Phi) is 3.20. The minimum absolute atomic E-state index is 0.427. The number of aryl methyl sites for hydroxylation is 1. The minimum Gasteiger partial charge on any atom is -0.207 e. The van der Waals surface area contributed by atoms with Crippen molar-refractivity contribution in [3.05, 3.63) is 35.4 Å². The molecule has 0 heterocycles. The van der Waals surface area contributed by atoms with E-state index in [1.54, 1.807) is 0 Å². The van der Waals surface area contributed by atoms with Crippen LogP contribution in [0.2, 0.25) is 0 Å². The summed E-state index contributed by atoms with van der Waals surface area (Å²) < 4.78 is 25.4. The fourth-order valence-corrected chi connectivity index (χ4v) is 1.09. The average molecular weight is 170 g/mol. The van der Waals surface area contributed by atoms with Crippen molar-refractivity contribution in [1.82, 2.24) is 0 Å². The second-order valence-corrected chi connectivity index (χ2v) is 2.84. The molecule has 0 aliphatic rings. The molecule has 0 radical (unpaired) electrons. The Morgan fingerprint density at radius 2 is 2.00 bits per heavy atom. The Labute approximate surface area is 71.2 Å². The van der Waals surface area contributed by atoms with Gasteiger partial charge in [-0.25, -0.2) is 8.78 Å². The number of hydrogen-bond donors (Lipinski definition) is 0. The molecule has 0 N–H and O–H groups in total. The molecule has 0 spiro atoms. The van der Waals surface area contributed by atoms with Crippen LogP contribution in [0.5, 0.6) is 0 Å². The van der Waals surface area contributed by atoms with E-state index in [0.29, 0.717) is 12.0 Å². The first-order valence-corrected chi connectivity index (χ1v) is 4.18. The smallest absolute Gasteiger partial charge is 0.129 e. The predicted molar refractivity (Wildman–Crippen MR) is 45.0 cm³/mol. The third-order valence-electron chi connectivity index (χ3n) is 1.81. The van der Waals surface area contributed by atoms with E-state index in [2.05, 4.69) is 0 Å². The molecule has 0 aliphatic heterocycles. The molecule has 66 valence electrons. The largest absolute Gasteiger partial charge is 0.207 e. The van der Waals surface area contributed by atoms with Gasteiger partial charge in [-0.3, -0.25) is 0 Å². The Bertz CT molecular complexity index is 256. The van der Waals surface area contributed by atoms with Crippen molar-refractivity contribution in [1.29, 1.82) is 0 Å². The molecule has 1 aromatic rings. The molecule has 12 heavy (non-hydrogen) atoms. The molecular weight excluding hydrogens is 158 g/mol. The van der Waals surface area contributed by atoms with E-state index in [4.69, 9.17) is 0 Å². The van der Waals surface area contributed by atoms with Gasteiger partial charge >= 0.3 is 0 Å². The van der Waals surface area contributed by atoms with Crippen molar-refractivity contribution in [3.8, 4) is 0 Å². The van der Waals surface area contributed by atoms with E-state index in [1.165, 1.54) is 12.1 Å². The first-order valence-electron chi connectivity index (χ1n) is 4.18. The SMILES string of the molecule is CCCCc1ccc(F)cc1F. The molecule has 2 heteroatoms. The highest BCUT2D eigenvalue weighted by molar-refractivity contribution is 5.18. The summed E-state index contributed by atoms with van der Waals surface area (Å²) in [4.78, 5) is 0. The van der Waals surface area contributed by atoms with Crippen molar-refractivity contribution in [2.24, 2.45) is 0 Å². The van der Waals surface area contributed by atoms with Crippen molar-refractivity contribution in [2.75, 3.05) is 0 Å². The Morgan fingerprint density at radius 1 is 1.25 bits per heavy atom. The molecule has 0 amide bonds. The van der Waals surface area contributed by atoms with E-state index in [0.717, 1.165) is 18.9 Å². The minimum atomic E-state index is -0.507. The summed E-state index contributed by atoms with van der Waals surface area (Å²) in [5.74, 6) is -0.934. The van der Waals surface area contributed by atoms with Crippen LogP contribution in [0.1, 0.15) is 25.3 Å². The van der Waals surface area contributed by atoms with E-state index in [-0.39, 0.29) is 0 Å². The standard InChI is InChI=1S/C10H12F2/c1-2-3-4-8-5-6-9(11)7-10(8)12/h5-7H,2-4H2,1H3. The fourth-order valence-electron chi connectivity index (χ4n) is 1.09. The second kappa shape index (κ2) is 4.19. The summed E-state index contributed by atoms with van der Waals surface area (Å²) >= 11 is 0. The average Bonchev–Trinajstić information content (AvgIpc) is 2.03. The molecule has 0 aliphatic carbocycles. The van der Waals surface area contributed by atoms with Gasteiger partial charge in [0.25, 0.3) is 0 Å². The third kappa shape index (κ3) is 2.29. The van der Waals surface area contributed by atoms with Crippen LogP contribution in [-0.2, 0) is 6.42 Å². The van der Waals surface area contributed by atoms with Gasteiger partial charge in [0.15, 0.2) is 0 Å². The zero-order valence-electron chi connectivity index (χ0n) is 7.11. The lowest BCUT2D eigenvalue weighted by Gasteiger charge is -2.00. The number of hydrogen-bond acceptors (Lipinski definition) is 0. The Balaban J connectivity index is 2.72. The molecule has 1 aromatic carbocycles. The Morgan fingerprint density at radius 3 is 2.58 bits per heavy atom. The quantitative estimate of drug-likeness (QED) is 0.652. The summed E-state index contributed by atoms with van der Waals surface area (Å²) in [7, 11) is 0. The highest BCUT2D eigenvalue weighted by Gasteiger charge is 2.01. The lowest BCUT2D eigenvalue weighted by molar-refractivity contribution is 0.568. The second-order valence-electron chi connectivity index (χ2n) is 2.84. The fraction of sp³-hybridized carbons (Fsp3) is 0.400. The first kappa shape index (κ1) is 9.17. The molecule has 0 fully saturated rings. The zero-order valence-corrected chi connectivity index (χ0v) is 7.11. The monoisotopic (exact) mass is 170 g/mol. The van der Waals surface area contributed by atoms with Crippen LogP contribution in [-0.4, -0.2) is 0 Å². The maximum atomic E-state index is 12.9. The third-order valence-corrected chi connectivity index (χ3v) is 1.81. The van der Waals surface area contributed by atoms with Gasteiger partial charge in [-0.2, -0.15) is 0 Å². The van der Waals surface area contributed by atoms with Crippen LogP contribution in [0.4, 0.5) is 8.78 Å². The van der Waals surface area contributed by atoms with Gasteiger partial charge in [-0.1, -0.05) is 19.4 Å². The van der Waals surface area contributed by atoms with Gasteiger partial charge in [0.1, 0.15) is 11.6 Å². The maximum absolute atomic E-state index is 12.9. The molecule has 0 unspecified atom stereocenters. The van der Waals surface area contributed by atoms with Gasteiger partial charge < -0.3 is 0 Å². The molecule has 0 bridgehead atoms. The molecule has 1 rings (SSSR count). The summed E-state index contributed by atoms with van der Waals surface area (Å²) in [6, 6.07) is 3.75. The topological polar surface area (TPSA) is 0 Å². The van der Waals surface area contributed by atoms with Crippen LogP contribution in [0.15, 0.2) is 18.2 Å². The lowest BCUT2D eigenvalue weighted by atomic mass is 10.1. The number of halogens is 2. The van der Waals surface area contributed by atoms with Crippen LogP contribution in [0.25, 0.3) is 0 Å². The molecule has 0 aromatic heterocycles. The summed E-state index contributed by atoms with van der Waals surface area (Å²) in [5.41, 5.74) is 0.609. The highest BCUT2D eigenvalue weighted by Crippen LogP contribution is 2.11. The van der Waals surface area contributed by atoms with Crippen LogP contribution >= 0.6 is 0 Å². The zero-order chi connectivity index (χ0) is 8.97. The normalized spacial score (nSPS) is 10.2.